The van der Waals surface area contributed by atoms with E-state index < -0.39 is 10.0 Å². The standard InChI is InChI=1S/C23H27N5O3S2/c1-16-15-17(9-10-18(16)26-33(3,29)30)28-22(20-8-6-12-27(20)13-14-31-2)21(25-23(28)32)19-7-4-5-11-24-19/h4-12,15,21-22,26H,13-14H2,1-3H3,(H,25,32)/t21-,22+/m1/s1. The van der Waals surface area contributed by atoms with Crippen molar-refractivity contribution in [2.24, 2.45) is 0 Å². The molecule has 8 nitrogen and oxygen atoms in total. The number of hydrogen-bond donors (Lipinski definition) is 2. The van der Waals surface area contributed by atoms with Gasteiger partial charge in [-0.25, -0.2) is 8.42 Å². The summed E-state index contributed by atoms with van der Waals surface area (Å²) in [6, 6.07) is 15.2. The zero-order chi connectivity index (χ0) is 23.6. The molecule has 1 aliphatic rings. The average Bonchev–Trinajstić information content (AvgIpc) is 3.37. The topological polar surface area (TPSA) is 88.5 Å². The Morgan fingerprint density at radius 3 is 2.70 bits per heavy atom. The highest BCUT2D eigenvalue weighted by Crippen LogP contribution is 2.42. The predicted molar refractivity (Wildman–Crippen MR) is 134 cm³/mol. The van der Waals surface area contributed by atoms with Crippen LogP contribution in [0.3, 0.4) is 0 Å². The minimum absolute atomic E-state index is 0.160. The van der Waals surface area contributed by atoms with Crippen molar-refractivity contribution in [3.05, 3.63) is 77.9 Å². The molecule has 0 saturated carbocycles. The third kappa shape index (κ3) is 5.02. The van der Waals surface area contributed by atoms with Crippen molar-refractivity contribution >= 4 is 38.7 Å². The first kappa shape index (κ1) is 23.2. The highest BCUT2D eigenvalue weighted by molar-refractivity contribution is 7.92. The molecule has 1 aliphatic heterocycles. The number of anilines is 2. The zero-order valence-electron chi connectivity index (χ0n) is 18.7. The number of hydrogen-bond acceptors (Lipinski definition) is 5. The molecule has 10 heteroatoms. The van der Waals surface area contributed by atoms with Crippen molar-refractivity contribution in [1.29, 1.82) is 0 Å². The summed E-state index contributed by atoms with van der Waals surface area (Å²) in [5.74, 6) is 0. The number of benzene rings is 1. The van der Waals surface area contributed by atoms with E-state index in [1.807, 2.05) is 49.5 Å². The SMILES string of the molecule is COCCn1cccc1[C@H]1[C@@H](c2ccccn2)NC(=S)N1c1ccc(NS(C)(=O)=O)c(C)c1. The minimum Gasteiger partial charge on any atom is -0.383 e. The van der Waals surface area contributed by atoms with Crippen molar-refractivity contribution in [2.45, 2.75) is 25.6 Å². The molecule has 2 aromatic heterocycles. The molecule has 2 atom stereocenters. The lowest BCUT2D eigenvalue weighted by Crippen LogP contribution is -2.30. The Kier molecular flexibility index (Phi) is 6.68. The summed E-state index contributed by atoms with van der Waals surface area (Å²) >= 11 is 5.79. The van der Waals surface area contributed by atoms with Crippen LogP contribution in [0.25, 0.3) is 0 Å². The van der Waals surface area contributed by atoms with E-state index in [0.29, 0.717) is 24.0 Å². The van der Waals surface area contributed by atoms with Crippen LogP contribution < -0.4 is 14.9 Å². The van der Waals surface area contributed by atoms with Crippen molar-refractivity contribution in [1.82, 2.24) is 14.9 Å². The molecule has 1 saturated heterocycles. The van der Waals surface area contributed by atoms with Crippen molar-refractivity contribution in [3.63, 3.8) is 0 Å². The fourth-order valence-corrected chi connectivity index (χ4v) is 5.11. The third-order valence-corrected chi connectivity index (χ3v) is 6.49. The molecule has 0 bridgehead atoms. The van der Waals surface area contributed by atoms with Gasteiger partial charge in [0.15, 0.2) is 5.11 Å². The second-order valence-electron chi connectivity index (χ2n) is 7.99. The number of pyridine rings is 1. The number of aromatic nitrogens is 2. The molecule has 0 radical (unpaired) electrons. The molecule has 1 fully saturated rings. The Bertz CT molecular complexity index is 1240. The Balaban J connectivity index is 1.78. The van der Waals surface area contributed by atoms with E-state index in [0.717, 1.165) is 28.9 Å². The lowest BCUT2D eigenvalue weighted by Gasteiger charge is -2.29. The minimum atomic E-state index is -3.37. The van der Waals surface area contributed by atoms with E-state index in [1.54, 1.807) is 19.4 Å². The Labute approximate surface area is 199 Å². The second kappa shape index (κ2) is 9.50. The first-order chi connectivity index (χ1) is 15.8. The molecule has 2 N–H and O–H groups in total. The molecular weight excluding hydrogens is 458 g/mol. The number of thiocarbonyl (C=S) groups is 1. The van der Waals surface area contributed by atoms with Crippen LogP contribution in [0.2, 0.25) is 0 Å². The van der Waals surface area contributed by atoms with Crippen molar-refractivity contribution in [2.75, 3.05) is 29.6 Å². The summed E-state index contributed by atoms with van der Waals surface area (Å²) in [4.78, 5) is 6.66. The first-order valence-corrected chi connectivity index (χ1v) is 12.8. The quantitative estimate of drug-likeness (QED) is 0.473. The number of nitrogens with one attached hydrogen (secondary N) is 2. The molecule has 0 spiro atoms. The molecule has 0 amide bonds. The van der Waals surface area contributed by atoms with Gasteiger partial charge in [0.1, 0.15) is 6.04 Å². The van der Waals surface area contributed by atoms with E-state index in [4.69, 9.17) is 17.0 Å². The van der Waals surface area contributed by atoms with E-state index in [-0.39, 0.29) is 12.1 Å². The van der Waals surface area contributed by atoms with Crippen LogP contribution in [0.4, 0.5) is 11.4 Å². The van der Waals surface area contributed by atoms with Gasteiger partial charge in [0.05, 0.1) is 30.3 Å². The zero-order valence-corrected chi connectivity index (χ0v) is 20.4. The number of aryl methyl sites for hydroxylation is 1. The van der Waals surface area contributed by atoms with Crippen LogP contribution in [0, 0.1) is 6.92 Å². The van der Waals surface area contributed by atoms with Crippen LogP contribution in [-0.4, -0.2) is 43.1 Å². The predicted octanol–water partition coefficient (Wildman–Crippen LogP) is 3.39. The Hall–Kier alpha value is -2.95. The molecule has 33 heavy (non-hydrogen) atoms. The van der Waals surface area contributed by atoms with Crippen LogP contribution in [0.1, 0.15) is 29.0 Å². The fraction of sp³-hybridized carbons (Fsp3) is 0.304. The lowest BCUT2D eigenvalue weighted by molar-refractivity contribution is 0.186. The van der Waals surface area contributed by atoms with Crippen molar-refractivity contribution in [3.8, 4) is 0 Å². The van der Waals surface area contributed by atoms with Gasteiger partial charge >= 0.3 is 0 Å². The normalized spacial score (nSPS) is 18.4. The number of rotatable bonds is 8. The van der Waals surface area contributed by atoms with Gasteiger partial charge in [-0.15, -0.1) is 0 Å². The van der Waals surface area contributed by atoms with E-state index >= 15 is 0 Å². The van der Waals surface area contributed by atoms with Crippen LogP contribution in [0.15, 0.2) is 60.9 Å². The molecular formula is C23H27N5O3S2. The van der Waals surface area contributed by atoms with Gasteiger partial charge in [-0.05, 0) is 67.2 Å². The highest BCUT2D eigenvalue weighted by Gasteiger charge is 2.42. The van der Waals surface area contributed by atoms with E-state index in [1.165, 1.54) is 0 Å². The molecule has 0 unspecified atom stereocenters. The van der Waals surface area contributed by atoms with Gasteiger partial charge in [-0.2, -0.15) is 0 Å². The third-order valence-electron chi connectivity index (χ3n) is 5.59. The molecule has 4 rings (SSSR count). The van der Waals surface area contributed by atoms with Gasteiger partial charge in [0.2, 0.25) is 10.0 Å². The second-order valence-corrected chi connectivity index (χ2v) is 10.1. The molecule has 3 heterocycles. The Morgan fingerprint density at radius 1 is 1.21 bits per heavy atom. The summed E-state index contributed by atoms with van der Waals surface area (Å²) in [6.07, 6.45) is 4.95. The molecule has 0 aliphatic carbocycles. The van der Waals surface area contributed by atoms with Crippen LogP contribution >= 0.6 is 12.2 Å². The monoisotopic (exact) mass is 485 g/mol. The largest absolute Gasteiger partial charge is 0.383 e. The maximum atomic E-state index is 11.7. The first-order valence-electron chi connectivity index (χ1n) is 10.5. The number of nitrogens with zero attached hydrogens (tertiary/aromatic N) is 3. The van der Waals surface area contributed by atoms with Crippen LogP contribution in [0.5, 0.6) is 0 Å². The fourth-order valence-electron chi connectivity index (χ4n) is 4.13. The van der Waals surface area contributed by atoms with E-state index in [9.17, 15) is 8.42 Å². The summed E-state index contributed by atoms with van der Waals surface area (Å²) in [5, 5.41) is 4.03. The summed E-state index contributed by atoms with van der Waals surface area (Å²) in [7, 11) is -1.69. The van der Waals surface area contributed by atoms with E-state index in [2.05, 4.69) is 30.6 Å². The average molecular weight is 486 g/mol. The maximum Gasteiger partial charge on any atom is 0.229 e. The molecule has 3 aromatic rings. The lowest BCUT2D eigenvalue weighted by atomic mass is 10.0. The Morgan fingerprint density at radius 2 is 2.03 bits per heavy atom. The number of methoxy groups -OCH3 is 1. The van der Waals surface area contributed by atoms with Gasteiger partial charge in [-0.1, -0.05) is 6.07 Å². The summed E-state index contributed by atoms with van der Waals surface area (Å²) < 4.78 is 33.4. The van der Waals surface area contributed by atoms with Gasteiger partial charge in [-0.3, -0.25) is 9.71 Å². The maximum absolute atomic E-state index is 11.7. The van der Waals surface area contributed by atoms with Gasteiger partial charge in [0.25, 0.3) is 0 Å². The smallest absolute Gasteiger partial charge is 0.229 e. The van der Waals surface area contributed by atoms with Crippen molar-refractivity contribution < 1.29 is 13.2 Å². The van der Waals surface area contributed by atoms with Gasteiger partial charge < -0.3 is 19.5 Å². The number of sulfonamides is 1. The molecule has 1 aromatic carbocycles. The molecule has 174 valence electrons. The summed E-state index contributed by atoms with van der Waals surface area (Å²) in [5.41, 5.74) is 4.17. The summed E-state index contributed by atoms with van der Waals surface area (Å²) in [6.45, 7) is 3.17. The highest BCUT2D eigenvalue weighted by atomic mass is 32.2. The van der Waals surface area contributed by atoms with Gasteiger partial charge in [0, 0.05) is 37.4 Å². The van der Waals surface area contributed by atoms with Crippen LogP contribution in [-0.2, 0) is 21.3 Å². The number of ether oxygens (including phenoxy) is 1.